The van der Waals surface area contributed by atoms with Gasteiger partial charge in [-0.05, 0) is 0 Å². The molecule has 0 aromatic rings. The molecular weight excluding hydrogens is 284 g/mol. The Morgan fingerprint density at radius 3 is 1.95 bits per heavy atom. The highest BCUT2D eigenvalue weighted by Gasteiger charge is 2.14. The second kappa shape index (κ2) is 13.7. The predicted molar refractivity (Wildman–Crippen MR) is 71.7 cm³/mol. The van der Waals surface area contributed by atoms with E-state index in [0.717, 1.165) is 0 Å². The smallest absolute Gasteiger partial charge is 0.303 e. The van der Waals surface area contributed by atoms with Crippen molar-refractivity contribution >= 4 is 11.9 Å². The van der Waals surface area contributed by atoms with Crippen molar-refractivity contribution in [2.75, 3.05) is 52.9 Å². The van der Waals surface area contributed by atoms with Crippen LogP contribution in [0, 0.1) is 0 Å². The monoisotopic (exact) mass is 308 g/mol. The maximum Gasteiger partial charge on any atom is 0.303 e. The lowest BCUT2D eigenvalue weighted by molar-refractivity contribution is -0.160. The first-order valence-corrected chi connectivity index (χ1v) is 6.71. The summed E-state index contributed by atoms with van der Waals surface area (Å²) in [4.78, 5) is 21.6. The zero-order valence-electron chi connectivity index (χ0n) is 12.5. The fourth-order valence-corrected chi connectivity index (χ4v) is 1.28. The molecule has 0 saturated heterocycles. The standard InChI is InChI=1S/C13H24O8/c1-11(15)20-10-13(21-12(2)16)9-19-8-7-18-6-5-17-4-3-14/h13-14H,3-10H2,1-2H3/t13-/m0/s1. The maximum absolute atomic E-state index is 10.9. The fourth-order valence-electron chi connectivity index (χ4n) is 1.28. The van der Waals surface area contributed by atoms with Crippen molar-refractivity contribution < 1.29 is 38.4 Å². The minimum atomic E-state index is -0.626. The summed E-state index contributed by atoms with van der Waals surface area (Å²) >= 11 is 0. The second-order valence-corrected chi connectivity index (χ2v) is 4.06. The van der Waals surface area contributed by atoms with Crippen LogP contribution in [0.25, 0.3) is 0 Å². The lowest BCUT2D eigenvalue weighted by Crippen LogP contribution is -2.29. The highest BCUT2D eigenvalue weighted by Crippen LogP contribution is 1.97. The first-order chi connectivity index (χ1) is 10.1. The van der Waals surface area contributed by atoms with E-state index in [4.69, 9.17) is 28.8 Å². The zero-order valence-corrected chi connectivity index (χ0v) is 12.5. The number of esters is 2. The lowest BCUT2D eigenvalue weighted by atomic mass is 10.4. The first-order valence-electron chi connectivity index (χ1n) is 6.71. The molecule has 0 unspecified atom stereocenters. The van der Waals surface area contributed by atoms with E-state index in [0.29, 0.717) is 33.0 Å². The molecule has 0 bridgehead atoms. The number of hydrogen-bond acceptors (Lipinski definition) is 8. The Labute approximate surface area is 124 Å². The molecule has 0 radical (unpaired) electrons. The normalized spacial score (nSPS) is 12.0. The average Bonchev–Trinajstić information content (AvgIpc) is 2.42. The van der Waals surface area contributed by atoms with E-state index in [1.54, 1.807) is 0 Å². The van der Waals surface area contributed by atoms with Gasteiger partial charge < -0.3 is 28.8 Å². The number of carbonyl (C=O) groups excluding carboxylic acids is 2. The van der Waals surface area contributed by atoms with E-state index in [1.165, 1.54) is 13.8 Å². The molecule has 0 fully saturated rings. The van der Waals surface area contributed by atoms with Crippen molar-refractivity contribution in [1.29, 1.82) is 0 Å². The van der Waals surface area contributed by atoms with Crippen molar-refractivity contribution in [2.45, 2.75) is 20.0 Å². The van der Waals surface area contributed by atoms with E-state index in [1.807, 2.05) is 0 Å². The molecule has 0 aromatic carbocycles. The summed E-state index contributed by atoms with van der Waals surface area (Å²) in [6.07, 6.45) is -0.626. The van der Waals surface area contributed by atoms with Crippen LogP contribution in [0.4, 0.5) is 0 Å². The lowest BCUT2D eigenvalue weighted by Gasteiger charge is -2.16. The van der Waals surface area contributed by atoms with Crippen LogP contribution in [0.5, 0.6) is 0 Å². The molecule has 0 spiro atoms. The molecule has 0 amide bonds. The van der Waals surface area contributed by atoms with Crippen molar-refractivity contribution in [3.8, 4) is 0 Å². The van der Waals surface area contributed by atoms with Gasteiger partial charge in [0.1, 0.15) is 6.61 Å². The van der Waals surface area contributed by atoms with Crippen LogP contribution >= 0.6 is 0 Å². The van der Waals surface area contributed by atoms with Gasteiger partial charge in [-0.2, -0.15) is 0 Å². The number of rotatable bonds is 13. The van der Waals surface area contributed by atoms with Gasteiger partial charge >= 0.3 is 11.9 Å². The molecule has 0 aliphatic rings. The zero-order chi connectivity index (χ0) is 15.9. The Kier molecular flexibility index (Phi) is 13.0. The molecular formula is C13H24O8. The molecule has 8 heteroatoms. The quantitative estimate of drug-likeness (QED) is 0.360. The van der Waals surface area contributed by atoms with Crippen LogP contribution in [0.15, 0.2) is 0 Å². The van der Waals surface area contributed by atoms with Gasteiger partial charge in [0.15, 0.2) is 6.10 Å². The summed E-state index contributed by atoms with van der Waals surface area (Å²) in [7, 11) is 0. The second-order valence-electron chi connectivity index (χ2n) is 4.06. The summed E-state index contributed by atoms with van der Waals surface area (Å²) in [5.74, 6) is -0.911. The summed E-state index contributed by atoms with van der Waals surface area (Å²) in [5.41, 5.74) is 0. The molecule has 0 saturated carbocycles. The first kappa shape index (κ1) is 19.8. The maximum atomic E-state index is 10.9. The largest absolute Gasteiger partial charge is 0.462 e. The average molecular weight is 308 g/mol. The van der Waals surface area contributed by atoms with Crippen LogP contribution < -0.4 is 0 Å². The minimum absolute atomic E-state index is 0.0109. The van der Waals surface area contributed by atoms with Gasteiger partial charge in [-0.15, -0.1) is 0 Å². The predicted octanol–water partition coefficient (Wildman–Crippen LogP) is -0.477. The molecule has 124 valence electrons. The third-order valence-corrected chi connectivity index (χ3v) is 2.09. The summed E-state index contributed by atoms with van der Waals surface area (Å²) in [5, 5.41) is 8.48. The van der Waals surface area contributed by atoms with Crippen molar-refractivity contribution in [3.63, 3.8) is 0 Å². The molecule has 1 N–H and O–H groups in total. The van der Waals surface area contributed by atoms with Crippen molar-refractivity contribution in [1.82, 2.24) is 0 Å². The fraction of sp³-hybridized carbons (Fsp3) is 0.846. The highest BCUT2D eigenvalue weighted by molar-refractivity contribution is 5.67. The van der Waals surface area contributed by atoms with Gasteiger partial charge in [0, 0.05) is 13.8 Å². The van der Waals surface area contributed by atoms with E-state index < -0.39 is 18.0 Å². The number of carbonyl (C=O) groups is 2. The van der Waals surface area contributed by atoms with Crippen LogP contribution in [0.3, 0.4) is 0 Å². The van der Waals surface area contributed by atoms with Gasteiger partial charge in [0.05, 0.1) is 46.2 Å². The van der Waals surface area contributed by atoms with Crippen molar-refractivity contribution in [3.05, 3.63) is 0 Å². The number of ether oxygens (including phenoxy) is 5. The molecule has 8 nitrogen and oxygen atoms in total. The topological polar surface area (TPSA) is 101 Å². The molecule has 0 aromatic heterocycles. The molecule has 0 heterocycles. The molecule has 21 heavy (non-hydrogen) atoms. The van der Waals surface area contributed by atoms with Crippen LogP contribution in [0.2, 0.25) is 0 Å². The van der Waals surface area contributed by atoms with Crippen LogP contribution in [0.1, 0.15) is 13.8 Å². The Morgan fingerprint density at radius 2 is 1.43 bits per heavy atom. The molecule has 0 rings (SSSR count). The van der Waals surface area contributed by atoms with Gasteiger partial charge in [-0.3, -0.25) is 9.59 Å². The van der Waals surface area contributed by atoms with Gasteiger partial charge in [0.25, 0.3) is 0 Å². The number of aliphatic hydroxyl groups is 1. The third kappa shape index (κ3) is 15.0. The van der Waals surface area contributed by atoms with Crippen molar-refractivity contribution in [2.24, 2.45) is 0 Å². The van der Waals surface area contributed by atoms with E-state index in [2.05, 4.69) is 0 Å². The van der Waals surface area contributed by atoms with Gasteiger partial charge in [-0.25, -0.2) is 0 Å². The third-order valence-electron chi connectivity index (χ3n) is 2.09. The van der Waals surface area contributed by atoms with Gasteiger partial charge in [0.2, 0.25) is 0 Å². The summed E-state index contributed by atoms with van der Waals surface area (Å²) in [6, 6.07) is 0. The van der Waals surface area contributed by atoms with E-state index in [9.17, 15) is 9.59 Å². The molecule has 0 aliphatic heterocycles. The van der Waals surface area contributed by atoms with E-state index in [-0.39, 0.29) is 19.8 Å². The molecule has 1 atom stereocenters. The minimum Gasteiger partial charge on any atom is -0.462 e. The Balaban J connectivity index is 3.58. The van der Waals surface area contributed by atoms with Gasteiger partial charge in [-0.1, -0.05) is 0 Å². The SMILES string of the molecule is CC(=O)OC[C@H](COCCOCCOCCO)OC(C)=O. The van der Waals surface area contributed by atoms with Crippen LogP contribution in [-0.4, -0.2) is 76.0 Å². The number of aliphatic hydroxyl groups excluding tert-OH is 1. The van der Waals surface area contributed by atoms with Crippen LogP contribution in [-0.2, 0) is 33.3 Å². The Morgan fingerprint density at radius 1 is 0.857 bits per heavy atom. The summed E-state index contributed by atoms with van der Waals surface area (Å²) in [6.45, 7) is 4.41. The summed E-state index contributed by atoms with van der Waals surface area (Å²) < 4.78 is 25.2. The highest BCUT2D eigenvalue weighted by atomic mass is 16.6. The number of hydrogen-bond donors (Lipinski definition) is 1. The van der Waals surface area contributed by atoms with E-state index >= 15 is 0 Å². The molecule has 0 aliphatic carbocycles. The Hall–Kier alpha value is -1.22. The Bertz CT molecular complexity index is 281.